The Bertz CT molecular complexity index is 709. The smallest absolute Gasteiger partial charge is 0.408 e. The number of carbonyl (C=O) groups is 2. The number of piperazine rings is 1. The van der Waals surface area contributed by atoms with Crippen LogP contribution in [0.1, 0.15) is 12.0 Å². The first-order valence-corrected chi connectivity index (χ1v) is 8.21. The summed E-state index contributed by atoms with van der Waals surface area (Å²) in [5.74, 6) is -0.257. The molecule has 2 fully saturated rings. The number of rotatable bonds is 2. The predicted molar refractivity (Wildman–Crippen MR) is 89.1 cm³/mol. The molecule has 2 aliphatic heterocycles. The maximum atomic E-state index is 12.7. The molecule has 132 valence electrons. The number of nitrogens with zero attached hydrogens (tertiary/aromatic N) is 4. The van der Waals surface area contributed by atoms with Gasteiger partial charge >= 0.3 is 6.09 Å². The molecule has 2 saturated heterocycles. The summed E-state index contributed by atoms with van der Waals surface area (Å²) >= 11 is 0. The van der Waals surface area contributed by atoms with Gasteiger partial charge in [0.2, 0.25) is 5.91 Å². The van der Waals surface area contributed by atoms with E-state index in [-0.39, 0.29) is 18.9 Å². The van der Waals surface area contributed by atoms with Crippen LogP contribution in [0.4, 0.5) is 10.5 Å². The fourth-order valence-electron chi connectivity index (χ4n) is 3.48. The van der Waals surface area contributed by atoms with Gasteiger partial charge < -0.3 is 20.0 Å². The average Bonchev–Trinajstić information content (AvgIpc) is 3.03. The third-order valence-electron chi connectivity index (χ3n) is 4.77. The number of amides is 2. The lowest BCUT2D eigenvalue weighted by Gasteiger charge is -2.38. The Balaban J connectivity index is 1.65. The highest BCUT2D eigenvalue weighted by Crippen LogP contribution is 2.24. The summed E-state index contributed by atoms with van der Waals surface area (Å²) in [4.78, 5) is 28.6. The van der Waals surface area contributed by atoms with E-state index in [4.69, 9.17) is 0 Å². The molecule has 0 saturated carbocycles. The summed E-state index contributed by atoms with van der Waals surface area (Å²) in [7, 11) is 0. The van der Waals surface area contributed by atoms with Crippen LogP contribution in [0.2, 0.25) is 0 Å². The minimum absolute atomic E-state index is 0.0265. The van der Waals surface area contributed by atoms with E-state index in [0.717, 1.165) is 10.6 Å². The second-order valence-corrected chi connectivity index (χ2v) is 6.28. The Labute approximate surface area is 145 Å². The maximum Gasteiger partial charge on any atom is 0.408 e. The minimum Gasteiger partial charge on any atom is -0.465 e. The first kappa shape index (κ1) is 17.0. The summed E-state index contributed by atoms with van der Waals surface area (Å²) in [6.07, 6.45) is -1.84. The number of β-amino-alcohol motifs (C(OH)–C–C–N with tert-alkyl or cyclic N) is 1. The summed E-state index contributed by atoms with van der Waals surface area (Å²) in [5, 5.41) is 28.1. The first-order chi connectivity index (χ1) is 12.0. The van der Waals surface area contributed by atoms with Crippen LogP contribution < -0.4 is 4.90 Å². The molecule has 0 aliphatic carbocycles. The van der Waals surface area contributed by atoms with E-state index in [1.54, 1.807) is 11.0 Å². The monoisotopic (exact) mass is 344 g/mol. The summed E-state index contributed by atoms with van der Waals surface area (Å²) in [6, 6.07) is 8.69. The SMILES string of the molecule is N#Cc1ccccc1N1CCN(C(=O)C2CC(O)CN2C(=O)O)CC1. The van der Waals surface area contributed by atoms with Gasteiger partial charge in [-0.15, -0.1) is 0 Å². The number of likely N-dealkylation sites (tertiary alicyclic amines) is 1. The summed E-state index contributed by atoms with van der Waals surface area (Å²) in [5.41, 5.74) is 1.44. The van der Waals surface area contributed by atoms with Gasteiger partial charge in [-0.2, -0.15) is 5.26 Å². The quantitative estimate of drug-likeness (QED) is 0.800. The second-order valence-electron chi connectivity index (χ2n) is 6.28. The van der Waals surface area contributed by atoms with Crippen molar-refractivity contribution in [3.63, 3.8) is 0 Å². The molecule has 2 N–H and O–H groups in total. The molecule has 0 aromatic heterocycles. The van der Waals surface area contributed by atoms with Crippen LogP contribution in [-0.4, -0.2) is 76.9 Å². The van der Waals surface area contributed by atoms with E-state index in [1.807, 2.05) is 18.2 Å². The normalized spacial score (nSPS) is 23.4. The first-order valence-electron chi connectivity index (χ1n) is 8.21. The Morgan fingerprint density at radius 1 is 1.16 bits per heavy atom. The van der Waals surface area contributed by atoms with Gasteiger partial charge in [-0.3, -0.25) is 9.69 Å². The fraction of sp³-hybridized carbons (Fsp3) is 0.471. The van der Waals surface area contributed by atoms with Crippen molar-refractivity contribution in [2.45, 2.75) is 18.6 Å². The zero-order chi connectivity index (χ0) is 18.0. The lowest BCUT2D eigenvalue weighted by atomic mass is 10.1. The highest BCUT2D eigenvalue weighted by Gasteiger charge is 2.41. The average molecular weight is 344 g/mol. The number of hydrogen-bond donors (Lipinski definition) is 2. The molecule has 0 radical (unpaired) electrons. The van der Waals surface area contributed by atoms with Crippen molar-refractivity contribution in [1.29, 1.82) is 5.26 Å². The van der Waals surface area contributed by atoms with Gasteiger partial charge in [-0.1, -0.05) is 12.1 Å². The molecule has 1 aromatic carbocycles. The highest BCUT2D eigenvalue weighted by atomic mass is 16.4. The topological polar surface area (TPSA) is 108 Å². The molecule has 0 spiro atoms. The zero-order valence-electron chi connectivity index (χ0n) is 13.7. The van der Waals surface area contributed by atoms with Gasteiger partial charge in [0.15, 0.2) is 0 Å². The number of carbonyl (C=O) groups excluding carboxylic acids is 1. The van der Waals surface area contributed by atoms with Crippen molar-refractivity contribution in [1.82, 2.24) is 9.80 Å². The van der Waals surface area contributed by atoms with E-state index in [0.29, 0.717) is 31.7 Å². The van der Waals surface area contributed by atoms with Gasteiger partial charge in [-0.25, -0.2) is 4.79 Å². The number of hydrogen-bond acceptors (Lipinski definition) is 5. The van der Waals surface area contributed by atoms with Crippen molar-refractivity contribution in [3.05, 3.63) is 29.8 Å². The Morgan fingerprint density at radius 3 is 2.48 bits per heavy atom. The number of anilines is 1. The largest absolute Gasteiger partial charge is 0.465 e. The van der Waals surface area contributed by atoms with Crippen molar-refractivity contribution >= 4 is 17.7 Å². The predicted octanol–water partition coefficient (Wildman–Crippen LogP) is 0.320. The van der Waals surface area contributed by atoms with E-state index >= 15 is 0 Å². The molecule has 3 rings (SSSR count). The highest BCUT2D eigenvalue weighted by molar-refractivity contribution is 5.86. The summed E-state index contributed by atoms with van der Waals surface area (Å²) < 4.78 is 0. The van der Waals surface area contributed by atoms with Gasteiger partial charge in [0, 0.05) is 32.6 Å². The number of aliphatic hydroxyl groups is 1. The van der Waals surface area contributed by atoms with Crippen LogP contribution in [0.25, 0.3) is 0 Å². The van der Waals surface area contributed by atoms with Gasteiger partial charge in [0.1, 0.15) is 12.1 Å². The van der Waals surface area contributed by atoms with E-state index in [2.05, 4.69) is 11.0 Å². The molecule has 8 heteroatoms. The lowest BCUT2D eigenvalue weighted by molar-refractivity contribution is -0.135. The lowest BCUT2D eigenvalue weighted by Crippen LogP contribution is -2.54. The van der Waals surface area contributed by atoms with E-state index < -0.39 is 18.2 Å². The molecular weight excluding hydrogens is 324 g/mol. The number of carboxylic acid groups (broad SMARTS) is 1. The number of aliphatic hydroxyl groups excluding tert-OH is 1. The third kappa shape index (κ3) is 3.37. The van der Waals surface area contributed by atoms with Crippen molar-refractivity contribution < 1.29 is 19.8 Å². The number of nitriles is 1. The number of para-hydroxylation sites is 1. The van der Waals surface area contributed by atoms with Crippen LogP contribution in [-0.2, 0) is 4.79 Å². The minimum atomic E-state index is -1.18. The van der Waals surface area contributed by atoms with E-state index in [1.165, 1.54) is 0 Å². The van der Waals surface area contributed by atoms with Gasteiger partial charge in [0.25, 0.3) is 0 Å². The molecule has 2 amide bonds. The molecule has 25 heavy (non-hydrogen) atoms. The van der Waals surface area contributed by atoms with Crippen molar-refractivity contribution in [2.75, 3.05) is 37.6 Å². The van der Waals surface area contributed by atoms with Gasteiger partial charge in [-0.05, 0) is 12.1 Å². The third-order valence-corrected chi connectivity index (χ3v) is 4.77. The number of benzene rings is 1. The zero-order valence-corrected chi connectivity index (χ0v) is 13.7. The van der Waals surface area contributed by atoms with Gasteiger partial charge in [0.05, 0.1) is 23.9 Å². The molecule has 2 atom stereocenters. The van der Waals surface area contributed by atoms with E-state index in [9.17, 15) is 25.1 Å². The fourth-order valence-corrected chi connectivity index (χ4v) is 3.48. The standard InChI is InChI=1S/C17H20N4O4/c18-10-12-3-1-2-4-14(12)19-5-7-20(8-6-19)16(23)15-9-13(22)11-21(15)17(24)25/h1-4,13,15,22H,5-9,11H2,(H,24,25). The van der Waals surface area contributed by atoms with Crippen LogP contribution in [0.5, 0.6) is 0 Å². The second kappa shape index (κ2) is 6.99. The molecular formula is C17H20N4O4. The Kier molecular flexibility index (Phi) is 4.76. The molecule has 1 aromatic rings. The van der Waals surface area contributed by atoms with Crippen LogP contribution in [0.15, 0.2) is 24.3 Å². The maximum absolute atomic E-state index is 12.7. The molecule has 8 nitrogen and oxygen atoms in total. The van der Waals surface area contributed by atoms with Crippen LogP contribution in [0, 0.1) is 11.3 Å². The molecule has 2 unspecified atom stereocenters. The molecule has 2 heterocycles. The van der Waals surface area contributed by atoms with Crippen molar-refractivity contribution in [3.8, 4) is 6.07 Å². The Hall–Kier alpha value is -2.79. The molecule has 0 bridgehead atoms. The van der Waals surface area contributed by atoms with Crippen LogP contribution in [0.3, 0.4) is 0 Å². The molecule has 2 aliphatic rings. The van der Waals surface area contributed by atoms with Crippen molar-refractivity contribution in [2.24, 2.45) is 0 Å². The summed E-state index contributed by atoms with van der Waals surface area (Å²) in [6.45, 7) is 2.04. The Morgan fingerprint density at radius 2 is 1.84 bits per heavy atom. The van der Waals surface area contributed by atoms with Crippen LogP contribution >= 0.6 is 0 Å².